The first kappa shape index (κ1) is 16.0. The molecule has 3 rings (SSSR count). The number of benzene rings is 1. The number of anilines is 2. The number of fused-ring (bicyclic) bond motifs is 1. The molecule has 1 atom stereocenters. The number of sulfonamides is 1. The monoisotopic (exact) mass is 366 g/mol. The van der Waals surface area contributed by atoms with Gasteiger partial charge in [-0.1, -0.05) is 18.7 Å². The molecule has 2 aromatic rings. The van der Waals surface area contributed by atoms with Crippen LogP contribution in [-0.4, -0.2) is 19.7 Å². The Morgan fingerprint density at radius 1 is 1.43 bits per heavy atom. The summed E-state index contributed by atoms with van der Waals surface area (Å²) >= 11 is 6.27. The standard InChI is InChI=1S/C15H14N2O3S3/c1-2-12-9-10-8-11(5-6-13(10)16-15(21)20-12)17-23(18,19)14-4-3-7-22-14/h2-8,12,17H,1,9H2,(H,16,21). The molecule has 0 saturated carbocycles. The molecule has 1 unspecified atom stereocenters. The van der Waals surface area contributed by atoms with Crippen LogP contribution in [-0.2, 0) is 21.2 Å². The van der Waals surface area contributed by atoms with Gasteiger partial charge in [-0.2, -0.15) is 0 Å². The van der Waals surface area contributed by atoms with Gasteiger partial charge in [0.05, 0.1) is 0 Å². The smallest absolute Gasteiger partial charge is 0.271 e. The molecule has 5 nitrogen and oxygen atoms in total. The summed E-state index contributed by atoms with van der Waals surface area (Å²) in [4.78, 5) is 0. The number of rotatable bonds is 4. The maximum Gasteiger partial charge on any atom is 0.271 e. The maximum atomic E-state index is 12.3. The zero-order valence-electron chi connectivity index (χ0n) is 12.0. The van der Waals surface area contributed by atoms with E-state index in [0.717, 1.165) is 11.3 Å². The number of thiophene rings is 1. The SMILES string of the molecule is C=CC1Cc2cc(NS(=O)(=O)c3cccs3)ccc2NC(=S)O1. The van der Waals surface area contributed by atoms with Gasteiger partial charge in [-0.05, 0) is 47.4 Å². The van der Waals surface area contributed by atoms with E-state index in [1.165, 1.54) is 11.3 Å². The van der Waals surface area contributed by atoms with Gasteiger partial charge in [0.1, 0.15) is 10.3 Å². The average molecular weight is 366 g/mol. The van der Waals surface area contributed by atoms with Crippen molar-refractivity contribution in [2.45, 2.75) is 16.7 Å². The van der Waals surface area contributed by atoms with E-state index in [2.05, 4.69) is 16.6 Å². The van der Waals surface area contributed by atoms with Gasteiger partial charge in [-0.15, -0.1) is 11.3 Å². The van der Waals surface area contributed by atoms with Crippen LogP contribution in [0.1, 0.15) is 5.56 Å². The van der Waals surface area contributed by atoms with Gasteiger partial charge in [-0.25, -0.2) is 8.42 Å². The average Bonchev–Trinajstić information content (AvgIpc) is 2.99. The summed E-state index contributed by atoms with van der Waals surface area (Å²) in [5.74, 6) is 0. The molecule has 0 radical (unpaired) electrons. The van der Waals surface area contributed by atoms with E-state index < -0.39 is 10.0 Å². The van der Waals surface area contributed by atoms with Gasteiger partial charge in [0.2, 0.25) is 0 Å². The second kappa shape index (κ2) is 6.31. The molecule has 2 heterocycles. The molecule has 0 aliphatic carbocycles. The summed E-state index contributed by atoms with van der Waals surface area (Å²) in [7, 11) is -3.56. The minimum Gasteiger partial charge on any atom is -0.463 e. The van der Waals surface area contributed by atoms with E-state index in [9.17, 15) is 8.42 Å². The molecule has 0 saturated heterocycles. The molecule has 0 spiro atoms. The zero-order chi connectivity index (χ0) is 16.4. The predicted octanol–water partition coefficient (Wildman–Crippen LogP) is 3.37. The third-order valence-corrected chi connectivity index (χ3v) is 6.27. The molecule has 2 N–H and O–H groups in total. The molecule has 120 valence electrons. The predicted molar refractivity (Wildman–Crippen MR) is 96.6 cm³/mol. The quantitative estimate of drug-likeness (QED) is 0.641. The molecule has 1 aliphatic rings. The first-order valence-electron chi connectivity index (χ1n) is 6.77. The number of ether oxygens (including phenoxy) is 1. The minimum absolute atomic E-state index is 0.250. The van der Waals surface area contributed by atoms with Crippen LogP contribution in [0.3, 0.4) is 0 Å². The number of thiocarbonyl (C=S) groups is 1. The van der Waals surface area contributed by atoms with Crippen molar-refractivity contribution in [1.29, 1.82) is 0 Å². The number of hydrogen-bond acceptors (Lipinski definition) is 5. The van der Waals surface area contributed by atoms with E-state index in [0.29, 0.717) is 12.1 Å². The van der Waals surface area contributed by atoms with Crippen LogP contribution in [0.25, 0.3) is 0 Å². The lowest BCUT2D eigenvalue weighted by Gasteiger charge is -2.11. The molecule has 1 aromatic heterocycles. The molecular weight excluding hydrogens is 352 g/mol. The van der Waals surface area contributed by atoms with E-state index in [4.69, 9.17) is 17.0 Å². The number of hydrogen-bond donors (Lipinski definition) is 2. The molecule has 23 heavy (non-hydrogen) atoms. The first-order chi connectivity index (χ1) is 11.0. The molecular formula is C15H14N2O3S3. The third-order valence-electron chi connectivity index (χ3n) is 3.30. The van der Waals surface area contributed by atoms with Gasteiger partial charge in [0, 0.05) is 17.8 Å². The van der Waals surface area contributed by atoms with Crippen molar-refractivity contribution in [3.05, 3.63) is 53.9 Å². The lowest BCUT2D eigenvalue weighted by atomic mass is 10.1. The topological polar surface area (TPSA) is 67.4 Å². The van der Waals surface area contributed by atoms with Crippen molar-refractivity contribution in [3.63, 3.8) is 0 Å². The molecule has 0 amide bonds. The molecule has 0 bridgehead atoms. The second-order valence-corrected chi connectivity index (χ2v) is 8.15. The van der Waals surface area contributed by atoms with Gasteiger partial charge >= 0.3 is 0 Å². The Hall–Kier alpha value is -1.90. The normalized spacial score (nSPS) is 17.4. The van der Waals surface area contributed by atoms with Crippen molar-refractivity contribution in [1.82, 2.24) is 0 Å². The summed E-state index contributed by atoms with van der Waals surface area (Å²) in [6, 6.07) is 8.52. The fourth-order valence-electron chi connectivity index (χ4n) is 2.24. The highest BCUT2D eigenvalue weighted by molar-refractivity contribution is 7.94. The Morgan fingerprint density at radius 3 is 2.96 bits per heavy atom. The summed E-state index contributed by atoms with van der Waals surface area (Å²) in [5.41, 5.74) is 2.20. The Labute approximate surface area is 144 Å². The van der Waals surface area contributed by atoms with Crippen LogP contribution in [0.4, 0.5) is 11.4 Å². The Kier molecular flexibility index (Phi) is 4.38. The van der Waals surface area contributed by atoms with Crippen LogP contribution < -0.4 is 10.0 Å². The summed E-state index contributed by atoms with van der Waals surface area (Å²) in [5, 5.41) is 4.99. The zero-order valence-corrected chi connectivity index (χ0v) is 14.4. The van der Waals surface area contributed by atoms with Crippen molar-refractivity contribution in [2.75, 3.05) is 10.0 Å². The van der Waals surface area contributed by atoms with Gasteiger partial charge < -0.3 is 10.1 Å². The molecule has 1 aromatic carbocycles. The minimum atomic E-state index is -3.56. The molecule has 1 aliphatic heterocycles. The highest BCUT2D eigenvalue weighted by Gasteiger charge is 2.20. The van der Waals surface area contributed by atoms with Crippen molar-refractivity contribution in [2.24, 2.45) is 0 Å². The van der Waals surface area contributed by atoms with E-state index in [-0.39, 0.29) is 15.5 Å². The highest BCUT2D eigenvalue weighted by atomic mass is 32.2. The molecule has 0 fully saturated rings. The summed E-state index contributed by atoms with van der Waals surface area (Å²) in [6.07, 6.45) is 1.98. The number of nitrogens with one attached hydrogen (secondary N) is 2. The fraction of sp³-hybridized carbons (Fsp3) is 0.133. The van der Waals surface area contributed by atoms with E-state index >= 15 is 0 Å². The van der Waals surface area contributed by atoms with Crippen molar-refractivity contribution >= 4 is 50.1 Å². The Bertz CT molecular complexity index is 845. The Balaban J connectivity index is 1.90. The highest BCUT2D eigenvalue weighted by Crippen LogP contribution is 2.28. The van der Waals surface area contributed by atoms with Gasteiger partial charge in [0.25, 0.3) is 15.2 Å². The lowest BCUT2D eigenvalue weighted by Crippen LogP contribution is -2.17. The van der Waals surface area contributed by atoms with Crippen molar-refractivity contribution < 1.29 is 13.2 Å². The van der Waals surface area contributed by atoms with E-state index in [1.54, 1.807) is 41.8 Å². The second-order valence-electron chi connectivity index (χ2n) is 4.92. The van der Waals surface area contributed by atoms with Crippen LogP contribution in [0, 0.1) is 0 Å². The fourth-order valence-corrected chi connectivity index (χ4v) is 4.51. The third kappa shape index (κ3) is 3.54. The summed E-state index contributed by atoms with van der Waals surface area (Å²) in [6.45, 7) is 3.73. The van der Waals surface area contributed by atoms with Crippen LogP contribution in [0.5, 0.6) is 0 Å². The van der Waals surface area contributed by atoms with Gasteiger partial charge in [-0.3, -0.25) is 4.72 Å². The van der Waals surface area contributed by atoms with Crippen LogP contribution >= 0.6 is 23.6 Å². The van der Waals surface area contributed by atoms with Crippen molar-refractivity contribution in [3.8, 4) is 0 Å². The molecule has 8 heteroatoms. The van der Waals surface area contributed by atoms with Crippen LogP contribution in [0.15, 0.2) is 52.6 Å². The van der Waals surface area contributed by atoms with E-state index in [1.807, 2.05) is 0 Å². The van der Waals surface area contributed by atoms with Crippen LogP contribution in [0.2, 0.25) is 0 Å². The Morgan fingerprint density at radius 2 is 2.26 bits per heavy atom. The maximum absolute atomic E-state index is 12.3. The summed E-state index contributed by atoms with van der Waals surface area (Å²) < 4.78 is 33.0. The first-order valence-corrected chi connectivity index (χ1v) is 9.54. The lowest BCUT2D eigenvalue weighted by molar-refractivity contribution is 0.246. The van der Waals surface area contributed by atoms with Gasteiger partial charge in [0.15, 0.2) is 0 Å². The largest absolute Gasteiger partial charge is 0.463 e.